The number of fused-ring (bicyclic) bond motifs is 3. The molecule has 2 aliphatic heterocycles. The first-order chi connectivity index (χ1) is 18.1. The highest BCUT2D eigenvalue weighted by atomic mass is 16.6. The SMILES string of the molecule is CC(=O)N[C@@H]1c2ccccc2C2(CCN(Cc3ccc4c(c3)OCCO4)CC2)[C@H]1OCc1ccccc1. The van der Waals surface area contributed by atoms with Crippen LogP contribution in [0.3, 0.4) is 0 Å². The monoisotopic (exact) mass is 498 g/mol. The Labute approximate surface area is 218 Å². The van der Waals surface area contributed by atoms with Crippen molar-refractivity contribution < 1.29 is 19.0 Å². The predicted molar refractivity (Wildman–Crippen MR) is 142 cm³/mol. The second-order valence-electron chi connectivity index (χ2n) is 10.4. The first-order valence-corrected chi connectivity index (χ1v) is 13.3. The quantitative estimate of drug-likeness (QED) is 0.531. The molecule has 3 aliphatic rings. The Hall–Kier alpha value is -3.35. The van der Waals surface area contributed by atoms with Crippen molar-refractivity contribution in [3.63, 3.8) is 0 Å². The van der Waals surface area contributed by atoms with Crippen molar-refractivity contribution in [1.82, 2.24) is 10.2 Å². The third kappa shape index (κ3) is 4.72. The Morgan fingerprint density at radius 1 is 0.946 bits per heavy atom. The van der Waals surface area contributed by atoms with E-state index in [1.54, 1.807) is 6.92 Å². The lowest BCUT2D eigenvalue weighted by Gasteiger charge is -2.44. The number of benzene rings is 3. The van der Waals surface area contributed by atoms with Crippen LogP contribution in [0, 0.1) is 0 Å². The number of rotatable bonds is 6. The molecule has 1 fully saturated rings. The predicted octanol–water partition coefficient (Wildman–Crippen LogP) is 4.77. The van der Waals surface area contributed by atoms with Gasteiger partial charge in [0.1, 0.15) is 13.2 Å². The normalized spacial score (nSPS) is 22.0. The van der Waals surface area contributed by atoms with Crippen LogP contribution in [0.15, 0.2) is 72.8 Å². The second-order valence-corrected chi connectivity index (χ2v) is 10.4. The molecule has 0 bridgehead atoms. The first-order valence-electron chi connectivity index (χ1n) is 13.3. The van der Waals surface area contributed by atoms with E-state index in [9.17, 15) is 4.79 Å². The zero-order chi connectivity index (χ0) is 25.2. The molecule has 3 aromatic carbocycles. The van der Waals surface area contributed by atoms with Crippen molar-refractivity contribution in [1.29, 1.82) is 0 Å². The van der Waals surface area contributed by atoms with Gasteiger partial charge in [-0.1, -0.05) is 60.7 Å². The van der Waals surface area contributed by atoms with Gasteiger partial charge in [0, 0.05) is 18.9 Å². The van der Waals surface area contributed by atoms with E-state index in [-0.39, 0.29) is 23.5 Å². The summed E-state index contributed by atoms with van der Waals surface area (Å²) in [4.78, 5) is 14.8. The number of amides is 1. The molecule has 37 heavy (non-hydrogen) atoms. The van der Waals surface area contributed by atoms with Gasteiger partial charge in [0.15, 0.2) is 11.5 Å². The molecule has 3 aromatic rings. The maximum Gasteiger partial charge on any atom is 0.217 e. The van der Waals surface area contributed by atoms with E-state index in [1.807, 2.05) is 24.3 Å². The minimum Gasteiger partial charge on any atom is -0.486 e. The highest BCUT2D eigenvalue weighted by molar-refractivity contribution is 5.74. The van der Waals surface area contributed by atoms with Gasteiger partial charge in [0.25, 0.3) is 0 Å². The molecule has 0 saturated carbocycles. The molecule has 1 N–H and O–H groups in total. The molecule has 1 aliphatic carbocycles. The number of nitrogens with zero attached hydrogens (tertiary/aromatic N) is 1. The van der Waals surface area contributed by atoms with E-state index in [0.29, 0.717) is 19.8 Å². The number of piperidine rings is 1. The second kappa shape index (κ2) is 10.2. The van der Waals surface area contributed by atoms with Gasteiger partial charge in [-0.05, 0) is 60.3 Å². The molecular formula is C31H34N2O4. The average Bonchev–Trinajstić information content (AvgIpc) is 3.17. The summed E-state index contributed by atoms with van der Waals surface area (Å²) in [7, 11) is 0. The van der Waals surface area contributed by atoms with Crippen LogP contribution in [-0.2, 0) is 28.1 Å². The van der Waals surface area contributed by atoms with E-state index in [1.165, 1.54) is 16.7 Å². The summed E-state index contributed by atoms with van der Waals surface area (Å²) in [5, 5.41) is 3.23. The van der Waals surface area contributed by atoms with Gasteiger partial charge in [-0.15, -0.1) is 0 Å². The van der Waals surface area contributed by atoms with E-state index in [0.717, 1.165) is 49.5 Å². The summed E-state index contributed by atoms with van der Waals surface area (Å²) in [6.45, 7) is 6.12. The van der Waals surface area contributed by atoms with Crippen molar-refractivity contribution in [3.05, 3.63) is 95.1 Å². The van der Waals surface area contributed by atoms with Gasteiger partial charge < -0.3 is 19.5 Å². The molecule has 2 heterocycles. The van der Waals surface area contributed by atoms with E-state index < -0.39 is 0 Å². The zero-order valence-corrected chi connectivity index (χ0v) is 21.3. The Kier molecular flexibility index (Phi) is 6.61. The summed E-state index contributed by atoms with van der Waals surface area (Å²) in [5.74, 6) is 1.65. The van der Waals surface area contributed by atoms with Crippen molar-refractivity contribution >= 4 is 5.91 Å². The molecular weight excluding hydrogens is 464 g/mol. The molecule has 192 valence electrons. The van der Waals surface area contributed by atoms with Crippen LogP contribution < -0.4 is 14.8 Å². The summed E-state index contributed by atoms with van der Waals surface area (Å²) in [5.41, 5.74) is 4.76. The lowest BCUT2D eigenvalue weighted by atomic mass is 9.71. The molecule has 6 heteroatoms. The molecule has 1 spiro atoms. The summed E-state index contributed by atoms with van der Waals surface area (Å²) < 4.78 is 18.2. The molecule has 0 aromatic heterocycles. The third-order valence-electron chi connectivity index (χ3n) is 8.07. The van der Waals surface area contributed by atoms with E-state index in [2.05, 4.69) is 58.7 Å². The number of carbonyl (C=O) groups is 1. The number of likely N-dealkylation sites (tertiary alicyclic amines) is 1. The fraction of sp³-hybridized carbons (Fsp3) is 0.387. The molecule has 0 radical (unpaired) electrons. The number of hydrogen-bond donors (Lipinski definition) is 1. The number of hydrogen-bond acceptors (Lipinski definition) is 5. The van der Waals surface area contributed by atoms with Crippen LogP contribution in [0.2, 0.25) is 0 Å². The standard InChI is InChI=1S/C31H34N2O4/c1-22(34)32-29-25-9-5-6-10-26(25)31(30(29)37-21-23-7-3-2-4-8-23)13-15-33(16-14-31)20-24-11-12-27-28(19-24)36-18-17-35-27/h2-12,19,29-30H,13-18,20-21H2,1H3,(H,32,34)/t29-,30+/m1/s1. The van der Waals surface area contributed by atoms with Gasteiger partial charge in [-0.25, -0.2) is 0 Å². The zero-order valence-electron chi connectivity index (χ0n) is 21.3. The lowest BCUT2D eigenvalue weighted by molar-refractivity contribution is -0.122. The molecule has 6 nitrogen and oxygen atoms in total. The van der Waals surface area contributed by atoms with Crippen molar-refractivity contribution in [2.45, 2.75) is 50.5 Å². The molecule has 6 rings (SSSR count). The first kappa shape index (κ1) is 24.0. The summed E-state index contributed by atoms with van der Waals surface area (Å²) >= 11 is 0. The number of nitrogens with one attached hydrogen (secondary N) is 1. The Bertz CT molecular complexity index is 1250. The van der Waals surface area contributed by atoms with Gasteiger partial charge in [0.05, 0.1) is 18.8 Å². The molecule has 1 amide bonds. The molecule has 2 atom stereocenters. The van der Waals surface area contributed by atoms with Gasteiger partial charge >= 0.3 is 0 Å². The minimum absolute atomic E-state index is 0.0267. The van der Waals surface area contributed by atoms with Crippen LogP contribution in [0.4, 0.5) is 0 Å². The lowest BCUT2D eigenvalue weighted by Crippen LogP contribution is -2.50. The van der Waals surface area contributed by atoms with E-state index >= 15 is 0 Å². The topological polar surface area (TPSA) is 60.0 Å². The highest BCUT2D eigenvalue weighted by Gasteiger charge is 2.54. The highest BCUT2D eigenvalue weighted by Crippen LogP contribution is 2.52. The van der Waals surface area contributed by atoms with Crippen LogP contribution in [-0.4, -0.2) is 43.2 Å². The van der Waals surface area contributed by atoms with Crippen LogP contribution in [0.25, 0.3) is 0 Å². The minimum atomic E-state index is -0.151. The third-order valence-corrected chi connectivity index (χ3v) is 8.07. The van der Waals surface area contributed by atoms with Crippen molar-refractivity contribution in [2.75, 3.05) is 26.3 Å². The van der Waals surface area contributed by atoms with Crippen LogP contribution >= 0.6 is 0 Å². The maximum absolute atomic E-state index is 12.3. The Balaban J connectivity index is 1.23. The number of ether oxygens (including phenoxy) is 3. The summed E-state index contributed by atoms with van der Waals surface area (Å²) in [6, 6.07) is 25.0. The van der Waals surface area contributed by atoms with Gasteiger partial charge in [0.2, 0.25) is 5.91 Å². The van der Waals surface area contributed by atoms with Gasteiger partial charge in [-0.3, -0.25) is 9.69 Å². The maximum atomic E-state index is 12.3. The number of carbonyl (C=O) groups excluding carboxylic acids is 1. The van der Waals surface area contributed by atoms with Crippen LogP contribution in [0.1, 0.15) is 48.1 Å². The summed E-state index contributed by atoms with van der Waals surface area (Å²) in [6.07, 6.45) is 1.83. The largest absolute Gasteiger partial charge is 0.486 e. The van der Waals surface area contributed by atoms with E-state index in [4.69, 9.17) is 14.2 Å². The van der Waals surface area contributed by atoms with Gasteiger partial charge in [-0.2, -0.15) is 0 Å². The Morgan fingerprint density at radius 3 is 2.46 bits per heavy atom. The van der Waals surface area contributed by atoms with Crippen molar-refractivity contribution in [3.8, 4) is 11.5 Å². The smallest absolute Gasteiger partial charge is 0.217 e. The molecule has 0 unspecified atom stereocenters. The average molecular weight is 499 g/mol. The molecule has 1 saturated heterocycles. The fourth-order valence-corrected chi connectivity index (χ4v) is 6.35. The fourth-order valence-electron chi connectivity index (χ4n) is 6.35. The van der Waals surface area contributed by atoms with Crippen LogP contribution in [0.5, 0.6) is 11.5 Å². The van der Waals surface area contributed by atoms with Crippen molar-refractivity contribution in [2.24, 2.45) is 0 Å². The Morgan fingerprint density at radius 2 is 1.68 bits per heavy atom.